The van der Waals surface area contributed by atoms with E-state index in [2.05, 4.69) is 0 Å². The van der Waals surface area contributed by atoms with Crippen LogP contribution in [0.15, 0.2) is 18.2 Å². The summed E-state index contributed by atoms with van der Waals surface area (Å²) in [7, 11) is 0. The maximum atomic E-state index is 9.55. The van der Waals surface area contributed by atoms with Crippen LogP contribution in [0.4, 0.5) is 0 Å². The van der Waals surface area contributed by atoms with Crippen molar-refractivity contribution < 1.29 is 10.2 Å². The Bertz CT molecular complexity index is 269. The molecule has 4 heteroatoms. The zero-order valence-electron chi connectivity index (χ0n) is 6.87. The fourth-order valence-electron chi connectivity index (χ4n) is 1.10. The first kappa shape index (κ1) is 10.8. The molecule has 0 spiro atoms. The van der Waals surface area contributed by atoms with Gasteiger partial charge in [0.2, 0.25) is 0 Å². The summed E-state index contributed by atoms with van der Waals surface area (Å²) < 4.78 is 0. The summed E-state index contributed by atoms with van der Waals surface area (Å²) in [6, 6.07) is 5.02. The van der Waals surface area contributed by atoms with Crippen LogP contribution < -0.4 is 0 Å². The zero-order valence-corrected chi connectivity index (χ0v) is 8.39. The van der Waals surface area contributed by atoms with Gasteiger partial charge in [-0.2, -0.15) is 0 Å². The van der Waals surface area contributed by atoms with E-state index in [0.29, 0.717) is 15.6 Å². The molecule has 13 heavy (non-hydrogen) atoms. The van der Waals surface area contributed by atoms with E-state index in [1.54, 1.807) is 18.2 Å². The Balaban J connectivity index is 2.98. The van der Waals surface area contributed by atoms with E-state index in [0.717, 1.165) is 0 Å². The molecule has 0 bridgehead atoms. The van der Waals surface area contributed by atoms with E-state index < -0.39 is 6.10 Å². The lowest BCUT2D eigenvalue weighted by Crippen LogP contribution is -2.01. The Hall–Kier alpha value is -0.280. The zero-order chi connectivity index (χ0) is 9.84. The van der Waals surface area contributed by atoms with Crippen LogP contribution >= 0.6 is 23.2 Å². The number of hydrogen-bond donors (Lipinski definition) is 2. The highest BCUT2D eigenvalue weighted by Gasteiger charge is 2.14. The minimum Gasteiger partial charge on any atom is -0.396 e. The van der Waals surface area contributed by atoms with Crippen LogP contribution in [-0.4, -0.2) is 16.8 Å². The molecule has 1 atom stereocenters. The summed E-state index contributed by atoms with van der Waals surface area (Å²) in [6.07, 6.45) is -0.560. The van der Waals surface area contributed by atoms with E-state index >= 15 is 0 Å². The third-order valence-corrected chi connectivity index (χ3v) is 2.39. The van der Waals surface area contributed by atoms with Gasteiger partial charge in [-0.25, -0.2) is 0 Å². The minimum atomic E-state index is -0.800. The number of aliphatic hydroxyl groups is 2. The topological polar surface area (TPSA) is 40.5 Å². The summed E-state index contributed by atoms with van der Waals surface area (Å²) >= 11 is 11.7. The molecule has 0 fully saturated rings. The van der Waals surface area contributed by atoms with Crippen LogP contribution in [0.25, 0.3) is 0 Å². The summed E-state index contributed by atoms with van der Waals surface area (Å²) in [5.41, 5.74) is 0.486. The molecule has 2 nitrogen and oxygen atoms in total. The summed E-state index contributed by atoms with van der Waals surface area (Å²) in [6.45, 7) is -0.0945. The van der Waals surface area contributed by atoms with Gasteiger partial charge < -0.3 is 10.2 Å². The fourth-order valence-corrected chi connectivity index (χ4v) is 1.75. The van der Waals surface area contributed by atoms with Gasteiger partial charge in [-0.15, -0.1) is 0 Å². The van der Waals surface area contributed by atoms with Crippen LogP contribution in [0.5, 0.6) is 0 Å². The Kier molecular flexibility index (Phi) is 4.00. The second kappa shape index (κ2) is 4.82. The van der Waals surface area contributed by atoms with Gasteiger partial charge in [0.1, 0.15) is 0 Å². The molecule has 0 saturated carbocycles. The summed E-state index contributed by atoms with van der Waals surface area (Å²) in [5.74, 6) is 0. The molecule has 0 saturated heterocycles. The molecule has 72 valence electrons. The van der Waals surface area contributed by atoms with E-state index in [9.17, 15) is 5.11 Å². The number of benzene rings is 1. The lowest BCUT2D eigenvalue weighted by atomic mass is 10.1. The fraction of sp³-hybridized carbons (Fsp3) is 0.333. The van der Waals surface area contributed by atoms with Gasteiger partial charge in [0.15, 0.2) is 0 Å². The minimum absolute atomic E-state index is 0.0945. The number of aliphatic hydroxyl groups excluding tert-OH is 2. The second-order valence-corrected chi connectivity index (χ2v) is 3.48. The number of halogens is 2. The van der Waals surface area contributed by atoms with Gasteiger partial charge >= 0.3 is 0 Å². The highest BCUT2D eigenvalue weighted by atomic mass is 35.5. The van der Waals surface area contributed by atoms with Crippen LogP contribution in [0.3, 0.4) is 0 Å². The Morgan fingerprint density at radius 3 is 2.23 bits per heavy atom. The molecule has 0 unspecified atom stereocenters. The second-order valence-electron chi connectivity index (χ2n) is 2.66. The third kappa shape index (κ3) is 2.58. The molecule has 1 aromatic rings. The van der Waals surface area contributed by atoms with Crippen LogP contribution in [0.1, 0.15) is 18.1 Å². The molecule has 2 N–H and O–H groups in total. The van der Waals surface area contributed by atoms with Gasteiger partial charge in [0.05, 0.1) is 6.10 Å². The molecular formula is C9H10Cl2O2. The normalized spacial score (nSPS) is 12.9. The average Bonchev–Trinajstić information content (AvgIpc) is 2.04. The quantitative estimate of drug-likeness (QED) is 0.822. The van der Waals surface area contributed by atoms with Crippen molar-refractivity contribution in [3.63, 3.8) is 0 Å². The highest BCUT2D eigenvalue weighted by Crippen LogP contribution is 2.31. The molecule has 1 rings (SSSR count). The Morgan fingerprint density at radius 2 is 1.77 bits per heavy atom. The SMILES string of the molecule is OCC[C@H](O)c1c(Cl)cccc1Cl. The van der Waals surface area contributed by atoms with Crippen LogP contribution in [0, 0.1) is 0 Å². The molecule has 0 radical (unpaired) electrons. The standard InChI is InChI=1S/C9H10Cl2O2/c10-6-2-1-3-7(11)9(6)8(13)4-5-12/h1-3,8,12-13H,4-5H2/t8-/m0/s1. The number of rotatable bonds is 3. The van der Waals surface area contributed by atoms with E-state index in [1.807, 2.05) is 0 Å². The van der Waals surface area contributed by atoms with Crippen molar-refractivity contribution in [2.45, 2.75) is 12.5 Å². The largest absolute Gasteiger partial charge is 0.396 e. The molecule has 0 heterocycles. The van der Waals surface area contributed by atoms with Gasteiger partial charge in [-0.1, -0.05) is 29.3 Å². The predicted octanol–water partition coefficient (Wildman–Crippen LogP) is 2.41. The van der Waals surface area contributed by atoms with Crippen LogP contribution in [0.2, 0.25) is 10.0 Å². The predicted molar refractivity (Wildman–Crippen MR) is 53.1 cm³/mol. The maximum Gasteiger partial charge on any atom is 0.0840 e. The van der Waals surface area contributed by atoms with Gasteiger partial charge in [0, 0.05) is 28.6 Å². The Labute approximate surface area is 86.7 Å². The molecule has 0 aliphatic carbocycles. The molecular weight excluding hydrogens is 211 g/mol. The van der Waals surface area contributed by atoms with E-state index in [1.165, 1.54) is 0 Å². The van der Waals surface area contributed by atoms with Crippen molar-refractivity contribution in [3.8, 4) is 0 Å². The summed E-state index contributed by atoms with van der Waals surface area (Å²) in [4.78, 5) is 0. The number of hydrogen-bond acceptors (Lipinski definition) is 2. The Morgan fingerprint density at radius 1 is 1.23 bits per heavy atom. The van der Waals surface area contributed by atoms with Crippen molar-refractivity contribution in [1.82, 2.24) is 0 Å². The smallest absolute Gasteiger partial charge is 0.0840 e. The van der Waals surface area contributed by atoms with Crippen molar-refractivity contribution >= 4 is 23.2 Å². The van der Waals surface area contributed by atoms with Crippen molar-refractivity contribution in [1.29, 1.82) is 0 Å². The van der Waals surface area contributed by atoms with Gasteiger partial charge in [0.25, 0.3) is 0 Å². The summed E-state index contributed by atoms with van der Waals surface area (Å²) in [5, 5.41) is 19.0. The molecule has 0 aliphatic rings. The molecule has 0 aromatic heterocycles. The molecule has 1 aromatic carbocycles. The first-order chi connectivity index (χ1) is 6.16. The third-order valence-electron chi connectivity index (χ3n) is 1.74. The van der Waals surface area contributed by atoms with Crippen molar-refractivity contribution in [2.75, 3.05) is 6.61 Å². The van der Waals surface area contributed by atoms with Gasteiger partial charge in [-0.3, -0.25) is 0 Å². The van der Waals surface area contributed by atoms with Crippen molar-refractivity contribution in [2.24, 2.45) is 0 Å². The molecule has 0 amide bonds. The maximum absolute atomic E-state index is 9.55. The first-order valence-corrected chi connectivity index (χ1v) is 4.65. The van der Waals surface area contributed by atoms with E-state index in [4.69, 9.17) is 28.3 Å². The first-order valence-electron chi connectivity index (χ1n) is 3.89. The molecule has 0 aliphatic heterocycles. The van der Waals surface area contributed by atoms with E-state index in [-0.39, 0.29) is 13.0 Å². The average molecular weight is 221 g/mol. The highest BCUT2D eigenvalue weighted by molar-refractivity contribution is 6.36. The lowest BCUT2D eigenvalue weighted by molar-refractivity contribution is 0.134. The van der Waals surface area contributed by atoms with Crippen molar-refractivity contribution in [3.05, 3.63) is 33.8 Å². The lowest BCUT2D eigenvalue weighted by Gasteiger charge is -2.12. The van der Waals surface area contributed by atoms with Crippen LogP contribution in [-0.2, 0) is 0 Å². The monoisotopic (exact) mass is 220 g/mol. The van der Waals surface area contributed by atoms with Gasteiger partial charge in [-0.05, 0) is 12.1 Å².